The fourth-order valence-corrected chi connectivity index (χ4v) is 22.1. The van der Waals surface area contributed by atoms with Crippen LogP contribution in [0, 0.1) is 13.8 Å². The SMILES string of the molecule is CCCCCCCCCCCCC1(CCCCCCCCCCCC)c2cc3c(cc2-c2c1cc(C)c1nsnc21)C(CCCCCCCCCCCC)(CCCCCCCCCCCC)c1cc(-c2cc4c(s2)-c2sc(C)cc2C4=C(SC)SC)c2nsnc2c1-3. The Balaban J connectivity index is 1.10. The van der Waals surface area contributed by atoms with Crippen LogP contribution in [-0.2, 0) is 10.8 Å². The molecule has 92 heavy (non-hydrogen) atoms. The van der Waals surface area contributed by atoms with Crippen LogP contribution in [-0.4, -0.2) is 30.0 Å². The molecule has 0 fully saturated rings. The van der Waals surface area contributed by atoms with E-state index in [1.54, 1.807) is 22.3 Å². The van der Waals surface area contributed by atoms with Gasteiger partial charge in [0.05, 0.1) is 33.2 Å². The van der Waals surface area contributed by atoms with Crippen LogP contribution in [0.3, 0.4) is 0 Å². The summed E-state index contributed by atoms with van der Waals surface area (Å²) in [7, 11) is 0. The molecule has 3 aliphatic carbocycles. The summed E-state index contributed by atoms with van der Waals surface area (Å²) in [6.07, 6.45) is 63.5. The molecule has 0 spiro atoms. The van der Waals surface area contributed by atoms with E-state index >= 15 is 0 Å². The molecule has 4 heterocycles. The first-order valence-corrected chi connectivity index (χ1v) is 43.7. The Morgan fingerprint density at radius 2 is 0.663 bits per heavy atom. The van der Waals surface area contributed by atoms with Gasteiger partial charge in [0, 0.05) is 58.2 Å². The van der Waals surface area contributed by atoms with Crippen molar-refractivity contribution in [1.82, 2.24) is 17.5 Å². The molecule has 0 saturated heterocycles. The fourth-order valence-electron chi connectivity index (χ4n) is 17.0. The van der Waals surface area contributed by atoms with Crippen LogP contribution in [0.25, 0.3) is 70.1 Å². The monoisotopic (exact) mass is 1350 g/mol. The number of rotatable bonds is 47. The molecule has 0 saturated carbocycles. The van der Waals surface area contributed by atoms with E-state index in [-0.39, 0.29) is 10.8 Å². The van der Waals surface area contributed by atoms with Crippen LogP contribution in [0.4, 0.5) is 0 Å². The number of thiophene rings is 2. The fraction of sp³-hybridized carbons (Fsp3) is 0.659. The van der Waals surface area contributed by atoms with Gasteiger partial charge in [0.15, 0.2) is 0 Å². The molecular weight excluding hydrogens is 1230 g/mol. The summed E-state index contributed by atoms with van der Waals surface area (Å²) < 4.78 is 22.9. The van der Waals surface area contributed by atoms with Gasteiger partial charge in [0.1, 0.15) is 22.1 Å². The average molecular weight is 1350 g/mol. The third kappa shape index (κ3) is 16.6. The molecule has 4 aromatic heterocycles. The second-order valence-electron chi connectivity index (χ2n) is 28.7. The molecule has 10 heteroatoms. The predicted octanol–water partition coefficient (Wildman–Crippen LogP) is 29.3. The lowest BCUT2D eigenvalue weighted by Gasteiger charge is -2.35. The minimum Gasteiger partial charge on any atom is -0.173 e. The van der Waals surface area contributed by atoms with E-state index in [4.69, 9.17) is 17.5 Å². The molecule has 3 aliphatic rings. The van der Waals surface area contributed by atoms with E-state index in [9.17, 15) is 0 Å². The number of hydrogen-bond donors (Lipinski definition) is 0. The largest absolute Gasteiger partial charge is 0.173 e. The maximum absolute atomic E-state index is 5.56. The second kappa shape index (κ2) is 36.6. The lowest BCUT2D eigenvalue weighted by molar-refractivity contribution is 0.393. The Kier molecular flexibility index (Phi) is 28.6. The Morgan fingerprint density at radius 1 is 0.337 bits per heavy atom. The Hall–Kier alpha value is -2.86. The highest BCUT2D eigenvalue weighted by Crippen LogP contribution is 2.64. The first kappa shape index (κ1) is 71.9. The molecule has 0 radical (unpaired) electrons. The number of benzene rings is 3. The van der Waals surface area contributed by atoms with Crippen molar-refractivity contribution in [2.24, 2.45) is 0 Å². The van der Waals surface area contributed by atoms with Crippen molar-refractivity contribution >= 4 is 97.3 Å². The van der Waals surface area contributed by atoms with Crippen LogP contribution in [0.15, 0.2) is 40.6 Å². The summed E-state index contributed by atoms with van der Waals surface area (Å²) in [4.78, 5) is 5.65. The molecule has 4 nitrogen and oxygen atoms in total. The van der Waals surface area contributed by atoms with Crippen molar-refractivity contribution < 1.29 is 0 Å². The van der Waals surface area contributed by atoms with Crippen molar-refractivity contribution in [3.05, 3.63) is 84.5 Å². The number of aromatic nitrogens is 4. The van der Waals surface area contributed by atoms with Gasteiger partial charge in [-0.05, 0) is 121 Å². The second-order valence-corrected chi connectivity index (χ2v) is 34.0. The quantitative estimate of drug-likeness (QED) is 0.0354. The van der Waals surface area contributed by atoms with E-state index in [2.05, 4.69) is 90.5 Å². The highest BCUT2D eigenvalue weighted by molar-refractivity contribution is 8.22. The van der Waals surface area contributed by atoms with Crippen molar-refractivity contribution in [2.75, 3.05) is 12.5 Å². The highest BCUT2D eigenvalue weighted by Gasteiger charge is 2.50. The topological polar surface area (TPSA) is 51.6 Å². The minimum atomic E-state index is -0.150. The third-order valence-corrected chi connectivity index (χ3v) is 27.6. The standard InChI is InChI=1S/C82H118N4S6/c1-9-13-17-21-25-29-33-37-41-45-49-81(50-46-42-38-34-30-26-22-18-14-10-2)66-56-62-67(55-61(66)72-68(81)53-59(5)74-76(72)85-91-83-74)82(51-47-43-39-35-31-27-23-19-15-11-3,52-48-44-40-36-32-28-24-20-16-12-4)69-57-63(75-77(73(62)69)86-92-84-75)70-58-65-71(80(87-7)88-8)64-54-60(6)89-78(64)79(65)90-70/h53-58H,9-52H2,1-8H3. The summed E-state index contributed by atoms with van der Waals surface area (Å²) >= 11 is 10.7. The molecule has 3 aromatic carbocycles. The van der Waals surface area contributed by atoms with Crippen molar-refractivity contribution in [3.63, 3.8) is 0 Å². The molecule has 0 bridgehead atoms. The van der Waals surface area contributed by atoms with Crippen molar-refractivity contribution in [1.29, 1.82) is 0 Å². The number of nitrogens with zero attached hydrogens (tertiary/aromatic N) is 4. The first-order valence-electron chi connectivity index (χ1n) is 38.1. The maximum Gasteiger partial charge on any atom is 0.114 e. The van der Waals surface area contributed by atoms with Crippen molar-refractivity contribution in [2.45, 2.75) is 335 Å². The molecule has 0 amide bonds. The van der Waals surface area contributed by atoms with Gasteiger partial charge in [0.2, 0.25) is 0 Å². The van der Waals surface area contributed by atoms with E-state index in [0.29, 0.717) is 0 Å². The third-order valence-electron chi connectivity index (χ3n) is 22.0. The first-order chi connectivity index (χ1) is 45.3. The predicted molar refractivity (Wildman–Crippen MR) is 416 cm³/mol. The maximum atomic E-state index is 5.56. The zero-order chi connectivity index (χ0) is 64.1. The summed E-state index contributed by atoms with van der Waals surface area (Å²) in [6.45, 7) is 14.0. The van der Waals surface area contributed by atoms with Crippen LogP contribution in [0.2, 0.25) is 0 Å². The van der Waals surface area contributed by atoms with Gasteiger partial charge < -0.3 is 0 Å². The molecular formula is C82H118N4S6. The Morgan fingerprint density at radius 3 is 1.07 bits per heavy atom. The lowest BCUT2D eigenvalue weighted by Crippen LogP contribution is -2.27. The minimum absolute atomic E-state index is 0.0887. The average Bonchev–Trinajstić information content (AvgIpc) is 1.52. The lowest BCUT2D eigenvalue weighted by atomic mass is 9.68. The number of thioether (sulfide) groups is 2. The van der Waals surface area contributed by atoms with Crippen LogP contribution >= 0.6 is 69.7 Å². The van der Waals surface area contributed by atoms with Gasteiger partial charge in [0.25, 0.3) is 0 Å². The Labute approximate surface area is 584 Å². The van der Waals surface area contributed by atoms with Gasteiger partial charge in [-0.25, -0.2) is 0 Å². The van der Waals surface area contributed by atoms with Gasteiger partial charge in [-0.3, -0.25) is 0 Å². The molecule has 0 aliphatic heterocycles. The summed E-state index contributed by atoms with van der Waals surface area (Å²) in [5.41, 5.74) is 23.3. The van der Waals surface area contributed by atoms with E-state index < -0.39 is 0 Å². The van der Waals surface area contributed by atoms with Gasteiger partial charge in [-0.2, -0.15) is 17.5 Å². The number of fused-ring (bicyclic) bond motifs is 13. The van der Waals surface area contributed by atoms with Crippen LogP contribution in [0.5, 0.6) is 0 Å². The van der Waals surface area contributed by atoms with Gasteiger partial charge >= 0.3 is 0 Å². The molecule has 7 aromatic rings. The normalized spacial score (nSPS) is 14.1. The van der Waals surface area contributed by atoms with Gasteiger partial charge in [-0.1, -0.05) is 291 Å². The van der Waals surface area contributed by atoms with Crippen molar-refractivity contribution in [3.8, 4) is 42.4 Å². The zero-order valence-electron chi connectivity index (χ0n) is 58.8. The van der Waals surface area contributed by atoms with E-state index in [0.717, 1.165) is 22.1 Å². The van der Waals surface area contributed by atoms with Crippen LogP contribution in [0.1, 0.15) is 354 Å². The Bertz CT molecular complexity index is 3390. The highest BCUT2D eigenvalue weighted by atomic mass is 32.2. The number of hydrogen-bond acceptors (Lipinski definition) is 10. The molecule has 502 valence electrons. The smallest absolute Gasteiger partial charge is 0.114 e. The molecule has 0 N–H and O–H groups in total. The summed E-state index contributed by atoms with van der Waals surface area (Å²) in [5, 5.41) is 0. The molecule has 10 rings (SSSR count). The molecule has 0 atom stereocenters. The summed E-state index contributed by atoms with van der Waals surface area (Å²) in [5.74, 6) is 0. The van der Waals surface area contributed by atoms with E-state index in [1.165, 1.54) is 380 Å². The van der Waals surface area contributed by atoms with Gasteiger partial charge in [-0.15, -0.1) is 46.2 Å². The zero-order valence-corrected chi connectivity index (χ0v) is 63.7. The number of unbranched alkanes of at least 4 members (excludes halogenated alkanes) is 36. The van der Waals surface area contributed by atoms with E-state index in [1.807, 2.05) is 46.2 Å². The number of aryl methyl sites for hydroxylation is 2. The van der Waals surface area contributed by atoms with Crippen LogP contribution < -0.4 is 0 Å². The summed E-state index contributed by atoms with van der Waals surface area (Å²) in [6, 6.07) is 16.1. The molecule has 0 unspecified atom stereocenters.